The molecule has 2 aromatic rings. The molecule has 0 aliphatic carbocycles. The molecule has 2 fully saturated rings. The molecule has 10 nitrogen and oxygen atoms in total. The standard InChI is InChI=1S/C24H25ClFN5O5/c1-24(2)21(33)31(23(35)29-24)15-8-9-18(17(26)10-15)28-20(32)19-11-16(36-3)12-30(19)22(34)27-14-6-4-13(25)5-7-14/h4-10,16,19H,11-12H2,1-3H3,(H,27,34)(H,28,32)(H,29,35). The summed E-state index contributed by atoms with van der Waals surface area (Å²) in [7, 11) is 1.48. The number of halogens is 2. The third kappa shape index (κ3) is 4.98. The van der Waals surface area contributed by atoms with E-state index in [1.165, 1.54) is 24.1 Å². The first-order valence-electron chi connectivity index (χ1n) is 11.1. The van der Waals surface area contributed by atoms with Crippen LogP contribution < -0.4 is 20.9 Å². The summed E-state index contributed by atoms with van der Waals surface area (Å²) in [4.78, 5) is 52.8. The normalized spacial score (nSPS) is 20.9. The Morgan fingerprint density at radius 2 is 1.83 bits per heavy atom. The van der Waals surface area contributed by atoms with Crippen LogP contribution in [0.5, 0.6) is 0 Å². The van der Waals surface area contributed by atoms with Crippen molar-refractivity contribution in [1.29, 1.82) is 0 Å². The number of methoxy groups -OCH3 is 1. The highest BCUT2D eigenvalue weighted by atomic mass is 35.5. The number of urea groups is 2. The molecule has 0 aromatic heterocycles. The smallest absolute Gasteiger partial charge is 0.329 e. The van der Waals surface area contributed by atoms with Crippen molar-refractivity contribution in [2.75, 3.05) is 29.2 Å². The Balaban J connectivity index is 1.49. The van der Waals surface area contributed by atoms with Crippen LogP contribution in [0.1, 0.15) is 20.3 Å². The third-order valence-electron chi connectivity index (χ3n) is 6.08. The van der Waals surface area contributed by atoms with E-state index in [2.05, 4.69) is 16.0 Å². The first-order chi connectivity index (χ1) is 17.0. The van der Waals surface area contributed by atoms with Gasteiger partial charge in [-0.3, -0.25) is 9.59 Å². The zero-order valence-electron chi connectivity index (χ0n) is 19.8. The molecule has 36 heavy (non-hydrogen) atoms. The van der Waals surface area contributed by atoms with Gasteiger partial charge in [-0.15, -0.1) is 0 Å². The number of benzene rings is 2. The largest absolute Gasteiger partial charge is 0.380 e. The molecule has 3 N–H and O–H groups in total. The predicted molar refractivity (Wildman–Crippen MR) is 132 cm³/mol. The van der Waals surface area contributed by atoms with Crippen LogP contribution in [0.15, 0.2) is 42.5 Å². The number of hydrogen-bond donors (Lipinski definition) is 3. The van der Waals surface area contributed by atoms with E-state index in [0.29, 0.717) is 10.7 Å². The van der Waals surface area contributed by atoms with E-state index < -0.39 is 41.3 Å². The highest BCUT2D eigenvalue weighted by molar-refractivity contribution is 6.30. The second-order valence-electron chi connectivity index (χ2n) is 9.05. The van der Waals surface area contributed by atoms with Gasteiger partial charge in [-0.25, -0.2) is 18.9 Å². The molecule has 4 rings (SSSR count). The van der Waals surface area contributed by atoms with E-state index in [1.54, 1.807) is 38.1 Å². The summed E-state index contributed by atoms with van der Waals surface area (Å²) in [6.07, 6.45) is -0.167. The molecule has 0 saturated carbocycles. The first-order valence-corrected chi connectivity index (χ1v) is 11.5. The minimum atomic E-state index is -1.11. The number of carbonyl (C=O) groups excluding carboxylic acids is 4. The number of hydrogen-bond acceptors (Lipinski definition) is 5. The quantitative estimate of drug-likeness (QED) is 0.524. The molecular formula is C24H25ClFN5O5. The van der Waals surface area contributed by atoms with E-state index in [-0.39, 0.29) is 30.4 Å². The van der Waals surface area contributed by atoms with Crippen molar-refractivity contribution in [3.05, 3.63) is 53.3 Å². The summed E-state index contributed by atoms with van der Waals surface area (Å²) in [5.74, 6) is -1.98. The third-order valence-corrected chi connectivity index (χ3v) is 6.34. The molecule has 2 saturated heterocycles. The lowest BCUT2D eigenvalue weighted by Crippen LogP contribution is -2.45. The van der Waals surface area contributed by atoms with E-state index in [4.69, 9.17) is 16.3 Å². The number of rotatable bonds is 5. The van der Waals surface area contributed by atoms with E-state index in [0.717, 1.165) is 11.0 Å². The number of amides is 6. The van der Waals surface area contributed by atoms with Crippen LogP contribution in [-0.2, 0) is 14.3 Å². The summed E-state index contributed by atoms with van der Waals surface area (Å²) in [5.41, 5.74) is -0.747. The van der Waals surface area contributed by atoms with Crippen molar-refractivity contribution in [2.45, 2.75) is 38.0 Å². The lowest BCUT2D eigenvalue weighted by molar-refractivity contribution is -0.121. The molecule has 2 atom stereocenters. The van der Waals surface area contributed by atoms with Gasteiger partial charge in [-0.1, -0.05) is 11.6 Å². The molecule has 6 amide bonds. The van der Waals surface area contributed by atoms with E-state index >= 15 is 0 Å². The monoisotopic (exact) mass is 517 g/mol. The van der Waals surface area contributed by atoms with E-state index in [1.807, 2.05) is 0 Å². The van der Waals surface area contributed by atoms with Gasteiger partial charge < -0.3 is 25.6 Å². The molecule has 2 aromatic carbocycles. The maximum Gasteiger partial charge on any atom is 0.329 e. The maximum atomic E-state index is 14.9. The van der Waals surface area contributed by atoms with Gasteiger partial charge in [0.15, 0.2) is 0 Å². The Labute approximate surface area is 211 Å². The van der Waals surface area contributed by atoms with Gasteiger partial charge in [0.05, 0.1) is 17.5 Å². The molecule has 0 radical (unpaired) electrons. The van der Waals surface area contributed by atoms with Crippen LogP contribution in [0.3, 0.4) is 0 Å². The van der Waals surface area contributed by atoms with Crippen LogP contribution in [0.25, 0.3) is 0 Å². The van der Waals surface area contributed by atoms with E-state index in [9.17, 15) is 23.6 Å². The lowest BCUT2D eigenvalue weighted by atomic mass is 10.1. The van der Waals surface area contributed by atoms with Crippen LogP contribution in [-0.4, -0.2) is 60.1 Å². The minimum absolute atomic E-state index is 0.0304. The Bertz CT molecular complexity index is 1220. The number of likely N-dealkylation sites (tertiary alicyclic amines) is 1. The average molecular weight is 518 g/mol. The second kappa shape index (κ2) is 9.75. The molecule has 2 heterocycles. The zero-order chi connectivity index (χ0) is 26.2. The van der Waals surface area contributed by atoms with Crippen LogP contribution in [0.2, 0.25) is 5.02 Å². The first kappa shape index (κ1) is 25.4. The lowest BCUT2D eigenvalue weighted by Gasteiger charge is -2.24. The summed E-state index contributed by atoms with van der Waals surface area (Å²) >= 11 is 5.88. The predicted octanol–water partition coefficient (Wildman–Crippen LogP) is 3.57. The van der Waals surface area contributed by atoms with Crippen molar-refractivity contribution in [2.24, 2.45) is 0 Å². The topological polar surface area (TPSA) is 120 Å². The highest BCUT2D eigenvalue weighted by Gasteiger charge is 2.45. The fraction of sp³-hybridized carbons (Fsp3) is 0.333. The summed E-state index contributed by atoms with van der Waals surface area (Å²) < 4.78 is 20.3. The van der Waals surface area contributed by atoms with Crippen molar-refractivity contribution in [3.8, 4) is 0 Å². The van der Waals surface area contributed by atoms with Crippen molar-refractivity contribution in [3.63, 3.8) is 0 Å². The summed E-state index contributed by atoms with van der Waals surface area (Å²) in [6, 6.07) is 8.00. The molecule has 2 aliphatic rings. The molecule has 0 spiro atoms. The van der Waals surface area contributed by atoms with Gasteiger partial charge in [0.2, 0.25) is 5.91 Å². The minimum Gasteiger partial charge on any atom is -0.380 e. The summed E-state index contributed by atoms with van der Waals surface area (Å²) in [5, 5.41) is 8.24. The fourth-order valence-corrected chi connectivity index (χ4v) is 4.24. The van der Waals surface area contributed by atoms with Gasteiger partial charge in [-0.05, 0) is 50.2 Å². The Morgan fingerprint density at radius 1 is 1.14 bits per heavy atom. The van der Waals surface area contributed by atoms with Gasteiger partial charge in [0, 0.05) is 36.9 Å². The zero-order valence-corrected chi connectivity index (χ0v) is 20.6. The molecule has 0 bridgehead atoms. The van der Waals surface area contributed by atoms with Gasteiger partial charge in [0.25, 0.3) is 5.91 Å². The Kier molecular flexibility index (Phi) is 6.87. The fourth-order valence-electron chi connectivity index (χ4n) is 4.11. The van der Waals surface area contributed by atoms with Crippen molar-refractivity contribution in [1.82, 2.24) is 10.2 Å². The Morgan fingerprint density at radius 3 is 2.42 bits per heavy atom. The summed E-state index contributed by atoms with van der Waals surface area (Å²) in [6.45, 7) is 3.25. The number of carbonyl (C=O) groups is 4. The molecule has 190 valence electrons. The number of nitrogens with one attached hydrogen (secondary N) is 3. The second-order valence-corrected chi connectivity index (χ2v) is 9.48. The van der Waals surface area contributed by atoms with Crippen LogP contribution in [0.4, 0.5) is 31.0 Å². The SMILES string of the molecule is COC1CC(C(=O)Nc2ccc(N3C(=O)NC(C)(C)C3=O)cc2F)N(C(=O)Nc2ccc(Cl)cc2)C1. The van der Waals surface area contributed by atoms with Gasteiger partial charge >= 0.3 is 12.1 Å². The number of ether oxygens (including phenoxy) is 1. The van der Waals surface area contributed by atoms with Crippen LogP contribution >= 0.6 is 11.6 Å². The molecular weight excluding hydrogens is 493 g/mol. The molecule has 2 unspecified atom stereocenters. The highest BCUT2D eigenvalue weighted by Crippen LogP contribution is 2.29. The molecule has 12 heteroatoms. The number of nitrogens with zero attached hydrogens (tertiary/aromatic N) is 2. The number of anilines is 3. The van der Waals surface area contributed by atoms with Crippen molar-refractivity contribution < 1.29 is 28.3 Å². The average Bonchev–Trinajstić information content (AvgIpc) is 3.35. The molecule has 2 aliphatic heterocycles. The van der Waals surface area contributed by atoms with Gasteiger partial charge in [-0.2, -0.15) is 0 Å². The Hall–Kier alpha value is -3.70. The maximum absolute atomic E-state index is 14.9. The van der Waals surface area contributed by atoms with Crippen LogP contribution in [0, 0.1) is 5.82 Å². The number of imide groups is 1. The van der Waals surface area contributed by atoms with Crippen molar-refractivity contribution >= 4 is 52.5 Å². The van der Waals surface area contributed by atoms with Gasteiger partial charge in [0.1, 0.15) is 17.4 Å².